The van der Waals surface area contributed by atoms with Crippen LogP contribution in [0.15, 0.2) is 18.2 Å². The molecule has 0 bridgehead atoms. The number of carboxylic acids is 1. The number of carbonyl (C=O) groups is 2. The largest absolute Gasteiger partial charge is 0.480 e. The van der Waals surface area contributed by atoms with Gasteiger partial charge in [-0.15, -0.1) is 0 Å². The highest BCUT2D eigenvalue weighted by Gasteiger charge is 2.26. The highest BCUT2D eigenvalue weighted by Crippen LogP contribution is 2.26. The van der Waals surface area contributed by atoms with Crippen molar-refractivity contribution >= 4 is 23.5 Å². The van der Waals surface area contributed by atoms with Gasteiger partial charge in [-0.2, -0.15) is 0 Å². The monoisotopic (exact) mass is 313 g/mol. The van der Waals surface area contributed by atoms with Crippen molar-refractivity contribution in [1.82, 2.24) is 4.90 Å². The van der Waals surface area contributed by atoms with Crippen molar-refractivity contribution in [2.75, 3.05) is 6.54 Å². The highest BCUT2D eigenvalue weighted by molar-refractivity contribution is 6.32. The molecule has 0 aliphatic heterocycles. The lowest BCUT2D eigenvalue weighted by molar-refractivity contribution is -0.149. The van der Waals surface area contributed by atoms with E-state index in [1.165, 1.54) is 4.90 Å². The molecule has 0 aliphatic rings. The Bertz CT molecular complexity index is 530. The number of carbonyl (C=O) groups excluding carboxylic acids is 1. The lowest BCUT2D eigenvalue weighted by Crippen LogP contribution is -2.46. The van der Waals surface area contributed by atoms with Gasteiger partial charge in [0.05, 0.1) is 5.02 Å². The quantitative estimate of drug-likeness (QED) is 0.877. The number of benzene rings is 1. The second-order valence-corrected chi connectivity index (χ2v) is 5.55. The second kappa shape index (κ2) is 7.31. The van der Waals surface area contributed by atoms with Crippen molar-refractivity contribution in [3.8, 4) is 5.75 Å². The summed E-state index contributed by atoms with van der Waals surface area (Å²) in [7, 11) is 0. The molecule has 1 unspecified atom stereocenters. The smallest absolute Gasteiger partial charge is 0.323 e. The molecule has 116 valence electrons. The number of amides is 1. The van der Waals surface area contributed by atoms with Crippen molar-refractivity contribution < 1.29 is 19.4 Å². The standard InChI is InChI=1S/C15H20ClNO4/c1-9(2)17(8-14(18)19)15(20)11(4)21-13-7-10(3)5-6-12(13)16/h5-7,9,11H,8H2,1-4H3,(H,18,19). The first kappa shape index (κ1) is 17.3. The lowest BCUT2D eigenvalue weighted by Gasteiger charge is -2.28. The number of ether oxygens (including phenoxy) is 1. The maximum Gasteiger partial charge on any atom is 0.323 e. The van der Waals surface area contributed by atoms with E-state index in [0.717, 1.165) is 5.56 Å². The third-order valence-corrected chi connectivity index (χ3v) is 3.26. The van der Waals surface area contributed by atoms with Crippen LogP contribution >= 0.6 is 11.6 Å². The highest BCUT2D eigenvalue weighted by atomic mass is 35.5. The van der Waals surface area contributed by atoms with E-state index in [0.29, 0.717) is 10.8 Å². The van der Waals surface area contributed by atoms with Crippen LogP contribution in [0.3, 0.4) is 0 Å². The summed E-state index contributed by atoms with van der Waals surface area (Å²) in [6, 6.07) is 5.05. The first-order valence-electron chi connectivity index (χ1n) is 6.67. The summed E-state index contributed by atoms with van der Waals surface area (Å²) in [5.41, 5.74) is 0.959. The summed E-state index contributed by atoms with van der Waals surface area (Å²) in [5, 5.41) is 9.29. The van der Waals surface area contributed by atoms with Gasteiger partial charge < -0.3 is 14.7 Å². The number of carboxylic acid groups (broad SMARTS) is 1. The Morgan fingerprint density at radius 3 is 2.48 bits per heavy atom. The van der Waals surface area contributed by atoms with Crippen LogP contribution < -0.4 is 4.74 Å². The van der Waals surface area contributed by atoms with Crippen molar-refractivity contribution in [2.24, 2.45) is 0 Å². The Morgan fingerprint density at radius 2 is 1.95 bits per heavy atom. The summed E-state index contributed by atoms with van der Waals surface area (Å²) in [6.07, 6.45) is -0.814. The van der Waals surface area contributed by atoms with E-state index >= 15 is 0 Å². The van der Waals surface area contributed by atoms with Crippen LogP contribution in [-0.2, 0) is 9.59 Å². The van der Waals surface area contributed by atoms with E-state index in [-0.39, 0.29) is 18.5 Å². The summed E-state index contributed by atoms with van der Waals surface area (Å²) < 4.78 is 5.58. The molecule has 1 rings (SSSR count). The predicted octanol–water partition coefficient (Wildman–Crippen LogP) is 2.74. The van der Waals surface area contributed by atoms with Crippen LogP contribution in [0.25, 0.3) is 0 Å². The number of hydrogen-bond donors (Lipinski definition) is 1. The molecule has 0 spiro atoms. The van der Waals surface area contributed by atoms with Gasteiger partial charge in [-0.1, -0.05) is 17.7 Å². The van der Waals surface area contributed by atoms with Gasteiger partial charge in [0.1, 0.15) is 12.3 Å². The first-order valence-corrected chi connectivity index (χ1v) is 7.05. The molecule has 0 saturated carbocycles. The molecule has 0 saturated heterocycles. The molecular formula is C15H20ClNO4. The number of halogens is 1. The Hall–Kier alpha value is -1.75. The van der Waals surface area contributed by atoms with Gasteiger partial charge in [-0.05, 0) is 45.4 Å². The molecule has 1 aromatic rings. The Balaban J connectivity index is 2.85. The van der Waals surface area contributed by atoms with Crippen molar-refractivity contribution in [1.29, 1.82) is 0 Å². The summed E-state index contributed by atoms with van der Waals surface area (Å²) >= 11 is 6.03. The average Bonchev–Trinajstić information content (AvgIpc) is 2.38. The minimum atomic E-state index is -1.06. The lowest BCUT2D eigenvalue weighted by atomic mass is 10.2. The van der Waals surface area contributed by atoms with Gasteiger partial charge in [-0.25, -0.2) is 0 Å². The van der Waals surface area contributed by atoms with Crippen LogP contribution in [0.2, 0.25) is 5.02 Å². The van der Waals surface area contributed by atoms with Gasteiger partial charge in [0, 0.05) is 6.04 Å². The second-order valence-electron chi connectivity index (χ2n) is 5.15. The van der Waals surface area contributed by atoms with Gasteiger partial charge in [0.2, 0.25) is 0 Å². The molecule has 1 aromatic carbocycles. The van der Waals surface area contributed by atoms with E-state index in [4.69, 9.17) is 21.4 Å². The molecular weight excluding hydrogens is 294 g/mol. The minimum absolute atomic E-state index is 0.229. The number of aliphatic carboxylic acids is 1. The fourth-order valence-electron chi connectivity index (χ4n) is 1.84. The summed E-state index contributed by atoms with van der Waals surface area (Å²) in [6.45, 7) is 6.63. The summed E-state index contributed by atoms with van der Waals surface area (Å²) in [5.74, 6) is -1.03. The number of aryl methyl sites for hydroxylation is 1. The van der Waals surface area contributed by atoms with Crippen LogP contribution in [0, 0.1) is 6.92 Å². The van der Waals surface area contributed by atoms with E-state index in [2.05, 4.69) is 0 Å². The van der Waals surface area contributed by atoms with Crippen LogP contribution in [0.4, 0.5) is 0 Å². The van der Waals surface area contributed by atoms with Crippen molar-refractivity contribution in [3.05, 3.63) is 28.8 Å². The topological polar surface area (TPSA) is 66.8 Å². The third-order valence-electron chi connectivity index (χ3n) is 2.95. The van der Waals surface area contributed by atoms with E-state index in [1.807, 2.05) is 13.0 Å². The molecule has 6 heteroatoms. The van der Waals surface area contributed by atoms with Gasteiger partial charge >= 0.3 is 5.97 Å². The third kappa shape index (κ3) is 4.93. The molecule has 0 fully saturated rings. The van der Waals surface area contributed by atoms with E-state index in [1.54, 1.807) is 32.9 Å². The summed E-state index contributed by atoms with van der Waals surface area (Å²) in [4.78, 5) is 24.4. The van der Waals surface area contributed by atoms with Gasteiger partial charge in [0.15, 0.2) is 6.10 Å². The SMILES string of the molecule is Cc1ccc(Cl)c(OC(C)C(=O)N(CC(=O)O)C(C)C)c1. The molecule has 1 N–H and O–H groups in total. The molecule has 21 heavy (non-hydrogen) atoms. The minimum Gasteiger partial charge on any atom is -0.480 e. The van der Waals surface area contributed by atoms with E-state index in [9.17, 15) is 9.59 Å². The van der Waals surface area contributed by atoms with Gasteiger partial charge in [-0.3, -0.25) is 9.59 Å². The van der Waals surface area contributed by atoms with E-state index < -0.39 is 12.1 Å². The normalized spacial score (nSPS) is 12.1. The first-order chi connectivity index (χ1) is 9.72. The zero-order chi connectivity index (χ0) is 16.2. The fraction of sp³-hybridized carbons (Fsp3) is 0.467. The maximum atomic E-state index is 12.3. The maximum absolute atomic E-state index is 12.3. The Kier molecular flexibility index (Phi) is 6.03. The zero-order valence-corrected chi connectivity index (χ0v) is 13.3. The van der Waals surface area contributed by atoms with Crippen LogP contribution in [0.5, 0.6) is 5.75 Å². The zero-order valence-electron chi connectivity index (χ0n) is 12.6. The number of hydrogen-bond acceptors (Lipinski definition) is 3. The Morgan fingerprint density at radius 1 is 1.33 bits per heavy atom. The molecule has 5 nitrogen and oxygen atoms in total. The number of rotatable bonds is 6. The molecule has 1 atom stereocenters. The number of nitrogens with zero attached hydrogens (tertiary/aromatic N) is 1. The molecule has 0 radical (unpaired) electrons. The Labute approximate surface area is 129 Å². The van der Waals surface area contributed by atoms with Crippen LogP contribution in [0.1, 0.15) is 26.3 Å². The molecule has 1 amide bonds. The van der Waals surface area contributed by atoms with Crippen molar-refractivity contribution in [3.63, 3.8) is 0 Å². The van der Waals surface area contributed by atoms with Crippen molar-refractivity contribution in [2.45, 2.75) is 39.8 Å². The molecule has 0 aliphatic carbocycles. The molecule has 0 aromatic heterocycles. The average molecular weight is 314 g/mol. The van der Waals surface area contributed by atoms with Gasteiger partial charge in [0.25, 0.3) is 5.91 Å². The fourth-order valence-corrected chi connectivity index (χ4v) is 2.00. The molecule has 0 heterocycles. The van der Waals surface area contributed by atoms with Crippen LogP contribution in [-0.4, -0.2) is 40.6 Å². The predicted molar refractivity (Wildman–Crippen MR) is 80.8 cm³/mol.